The van der Waals surface area contributed by atoms with E-state index in [1.165, 1.54) is 31.3 Å². The van der Waals surface area contributed by atoms with Crippen molar-refractivity contribution in [3.05, 3.63) is 90.7 Å². The molecular weight excluding hydrogens is 346 g/mol. The van der Waals surface area contributed by atoms with Gasteiger partial charge in [0.25, 0.3) is 0 Å². The van der Waals surface area contributed by atoms with E-state index in [0.717, 1.165) is 17.8 Å². The van der Waals surface area contributed by atoms with Crippen molar-refractivity contribution in [2.45, 2.75) is 20.3 Å². The number of rotatable bonds is 5. The lowest BCUT2D eigenvalue weighted by atomic mass is 10.0. The van der Waals surface area contributed by atoms with Crippen LogP contribution < -0.4 is 5.32 Å². The molecule has 0 saturated heterocycles. The molecule has 1 N–H and O–H groups in total. The second-order valence-corrected chi connectivity index (χ2v) is 7.65. The Balaban J connectivity index is 1.63. The van der Waals surface area contributed by atoms with Gasteiger partial charge in [0.15, 0.2) is 0 Å². The van der Waals surface area contributed by atoms with Crippen molar-refractivity contribution in [3.63, 3.8) is 0 Å². The molecule has 1 heterocycles. The Kier molecular flexibility index (Phi) is 5.08. The van der Waals surface area contributed by atoms with Gasteiger partial charge in [-0.2, -0.15) is 0 Å². The number of hydrogen-bond donors (Lipinski definition) is 1. The minimum Gasteiger partial charge on any atom is -0.356 e. The summed E-state index contributed by atoms with van der Waals surface area (Å²) >= 11 is 1.86. The van der Waals surface area contributed by atoms with Crippen LogP contribution in [-0.2, 0) is 0 Å². The summed E-state index contributed by atoms with van der Waals surface area (Å²) in [4.78, 5) is 0. The third-order valence-electron chi connectivity index (χ3n) is 4.73. The molecule has 4 aromatic rings. The first-order chi connectivity index (χ1) is 13.3. The van der Waals surface area contributed by atoms with Crippen LogP contribution >= 0.6 is 11.3 Å². The second-order valence-electron chi connectivity index (χ2n) is 6.57. The molecule has 4 rings (SSSR count). The summed E-state index contributed by atoms with van der Waals surface area (Å²) in [6, 6.07) is 24.1. The van der Waals surface area contributed by atoms with Gasteiger partial charge in [0, 0.05) is 31.6 Å². The van der Waals surface area contributed by atoms with Gasteiger partial charge in [-0.05, 0) is 60.9 Å². The molecule has 3 aromatic carbocycles. The summed E-state index contributed by atoms with van der Waals surface area (Å²) in [5, 5.41) is 6.16. The van der Waals surface area contributed by atoms with E-state index in [0.29, 0.717) is 0 Å². The standard InChI is InChI=1S/C25H23NS/c1-3-5-8-20(4-2)26-21-14-11-18(12-15-21)19-13-16-25-23(17-19)22-9-6-7-10-24(22)27-25/h4-17,26H,3H2,1-2H3/b8-5-,20-4+. The SMILES string of the molecule is C/C=C(\C=C/CC)Nc1ccc(-c2ccc3sc4ccccc4c3c2)cc1. The molecule has 0 fully saturated rings. The van der Waals surface area contributed by atoms with Gasteiger partial charge in [-0.1, -0.05) is 55.5 Å². The van der Waals surface area contributed by atoms with Gasteiger partial charge >= 0.3 is 0 Å². The zero-order valence-electron chi connectivity index (χ0n) is 15.7. The largest absolute Gasteiger partial charge is 0.356 e. The molecule has 0 unspecified atom stereocenters. The third kappa shape index (κ3) is 3.67. The molecular formula is C25H23NS. The highest BCUT2D eigenvalue weighted by atomic mass is 32.1. The van der Waals surface area contributed by atoms with Gasteiger partial charge in [0.05, 0.1) is 0 Å². The number of allylic oxidation sites excluding steroid dienone is 3. The maximum absolute atomic E-state index is 3.47. The number of fused-ring (bicyclic) bond motifs is 3. The van der Waals surface area contributed by atoms with Crippen LogP contribution in [-0.4, -0.2) is 0 Å². The Labute approximate surface area is 164 Å². The van der Waals surface area contributed by atoms with E-state index >= 15 is 0 Å². The van der Waals surface area contributed by atoms with Crippen LogP contribution in [0.4, 0.5) is 5.69 Å². The molecule has 134 valence electrons. The molecule has 0 radical (unpaired) electrons. The van der Waals surface area contributed by atoms with Crippen LogP contribution in [0.5, 0.6) is 0 Å². The first-order valence-electron chi connectivity index (χ1n) is 9.40. The van der Waals surface area contributed by atoms with E-state index < -0.39 is 0 Å². The van der Waals surface area contributed by atoms with Gasteiger partial charge < -0.3 is 5.32 Å². The van der Waals surface area contributed by atoms with Gasteiger partial charge in [0.2, 0.25) is 0 Å². The quantitative estimate of drug-likeness (QED) is 0.351. The van der Waals surface area contributed by atoms with Crippen LogP contribution in [0, 0.1) is 0 Å². The average molecular weight is 370 g/mol. The van der Waals surface area contributed by atoms with Crippen molar-refractivity contribution in [2.75, 3.05) is 5.32 Å². The number of anilines is 1. The van der Waals surface area contributed by atoms with Crippen molar-refractivity contribution in [3.8, 4) is 11.1 Å². The van der Waals surface area contributed by atoms with Crippen molar-refractivity contribution in [1.82, 2.24) is 0 Å². The van der Waals surface area contributed by atoms with E-state index in [1.807, 2.05) is 11.3 Å². The average Bonchev–Trinajstić information content (AvgIpc) is 3.09. The Morgan fingerprint density at radius 1 is 0.889 bits per heavy atom. The summed E-state index contributed by atoms with van der Waals surface area (Å²) in [5.41, 5.74) is 4.73. The highest BCUT2D eigenvalue weighted by molar-refractivity contribution is 7.25. The fraction of sp³-hybridized carbons (Fsp3) is 0.120. The van der Waals surface area contributed by atoms with E-state index in [-0.39, 0.29) is 0 Å². The highest BCUT2D eigenvalue weighted by Crippen LogP contribution is 2.36. The van der Waals surface area contributed by atoms with Crippen LogP contribution in [0.1, 0.15) is 20.3 Å². The molecule has 2 heteroatoms. The normalized spacial score (nSPS) is 12.3. The Bertz CT molecular complexity index is 1130. The molecule has 0 bridgehead atoms. The summed E-state index contributed by atoms with van der Waals surface area (Å²) in [6.07, 6.45) is 7.42. The second kappa shape index (κ2) is 7.81. The molecule has 0 aliphatic rings. The summed E-state index contributed by atoms with van der Waals surface area (Å²) in [7, 11) is 0. The fourth-order valence-corrected chi connectivity index (χ4v) is 4.36. The molecule has 1 nitrogen and oxygen atoms in total. The van der Waals surface area contributed by atoms with Gasteiger partial charge in [-0.3, -0.25) is 0 Å². The molecule has 0 amide bonds. The third-order valence-corrected chi connectivity index (χ3v) is 5.88. The minimum absolute atomic E-state index is 1.04. The number of nitrogens with one attached hydrogen (secondary N) is 1. The lowest BCUT2D eigenvalue weighted by molar-refractivity contribution is 1.22. The first kappa shape index (κ1) is 17.6. The van der Waals surface area contributed by atoms with Crippen molar-refractivity contribution >= 4 is 37.2 Å². The van der Waals surface area contributed by atoms with Crippen molar-refractivity contribution < 1.29 is 0 Å². The molecule has 0 aliphatic heterocycles. The fourth-order valence-electron chi connectivity index (χ4n) is 3.27. The lowest BCUT2D eigenvalue weighted by Crippen LogP contribution is -1.96. The van der Waals surface area contributed by atoms with Gasteiger partial charge in [-0.25, -0.2) is 0 Å². The molecule has 0 saturated carbocycles. The Morgan fingerprint density at radius 3 is 2.41 bits per heavy atom. The smallest absolute Gasteiger partial charge is 0.0384 e. The summed E-state index contributed by atoms with van der Waals surface area (Å²) < 4.78 is 2.70. The summed E-state index contributed by atoms with van der Waals surface area (Å²) in [6.45, 7) is 4.20. The number of benzene rings is 3. The van der Waals surface area contributed by atoms with E-state index in [4.69, 9.17) is 0 Å². The molecule has 27 heavy (non-hydrogen) atoms. The Hall–Kier alpha value is -2.84. The molecule has 1 aromatic heterocycles. The van der Waals surface area contributed by atoms with E-state index in [1.54, 1.807) is 0 Å². The minimum atomic E-state index is 1.04. The van der Waals surface area contributed by atoms with Crippen LogP contribution in [0.25, 0.3) is 31.3 Å². The molecule has 0 atom stereocenters. The predicted molar refractivity (Wildman–Crippen MR) is 122 cm³/mol. The van der Waals surface area contributed by atoms with Crippen molar-refractivity contribution in [1.29, 1.82) is 0 Å². The maximum Gasteiger partial charge on any atom is 0.0384 e. The highest BCUT2D eigenvalue weighted by Gasteiger charge is 2.06. The van der Waals surface area contributed by atoms with E-state index in [2.05, 4.69) is 104 Å². The van der Waals surface area contributed by atoms with Crippen LogP contribution in [0.2, 0.25) is 0 Å². The monoisotopic (exact) mass is 369 g/mol. The number of thiophene rings is 1. The predicted octanol–water partition coefficient (Wildman–Crippen LogP) is 8.00. The van der Waals surface area contributed by atoms with Gasteiger partial charge in [0.1, 0.15) is 0 Å². The van der Waals surface area contributed by atoms with E-state index in [9.17, 15) is 0 Å². The van der Waals surface area contributed by atoms with Crippen molar-refractivity contribution in [2.24, 2.45) is 0 Å². The van der Waals surface area contributed by atoms with Crippen LogP contribution in [0.15, 0.2) is 90.7 Å². The van der Waals surface area contributed by atoms with Gasteiger partial charge in [-0.15, -0.1) is 11.3 Å². The topological polar surface area (TPSA) is 12.0 Å². The number of hydrogen-bond acceptors (Lipinski definition) is 2. The molecule has 0 spiro atoms. The zero-order chi connectivity index (χ0) is 18.6. The maximum atomic E-state index is 3.47. The zero-order valence-corrected chi connectivity index (χ0v) is 16.5. The molecule has 0 aliphatic carbocycles. The lowest BCUT2D eigenvalue weighted by Gasteiger charge is -2.09. The Morgan fingerprint density at radius 2 is 1.63 bits per heavy atom. The first-order valence-corrected chi connectivity index (χ1v) is 10.2. The van der Waals surface area contributed by atoms with Crippen LogP contribution in [0.3, 0.4) is 0 Å². The summed E-state index contributed by atoms with van der Waals surface area (Å²) in [5.74, 6) is 0.